The standard InChI is InChI=1S/C11H13IN2O.ClH/c12-10-4-2-1-3-9(10)11(15)14-7-8-5-13-6-8;/h1-4,8,13H,5-7H2,(H,14,15);1H. The van der Waals surface area contributed by atoms with Gasteiger partial charge in [0.2, 0.25) is 0 Å². The van der Waals surface area contributed by atoms with Crippen LogP contribution in [0.5, 0.6) is 0 Å². The average Bonchev–Trinajstić information content (AvgIpc) is 2.16. The summed E-state index contributed by atoms with van der Waals surface area (Å²) < 4.78 is 0.999. The Kier molecular flexibility index (Phi) is 5.51. The molecular formula is C11H14ClIN2O. The van der Waals surface area contributed by atoms with Crippen LogP contribution in [0.25, 0.3) is 0 Å². The highest BCUT2D eigenvalue weighted by Crippen LogP contribution is 2.11. The van der Waals surface area contributed by atoms with E-state index in [0.717, 1.165) is 28.8 Å². The molecular weight excluding hydrogens is 338 g/mol. The number of halogens is 2. The van der Waals surface area contributed by atoms with Crippen molar-refractivity contribution in [2.24, 2.45) is 5.92 Å². The van der Waals surface area contributed by atoms with Crippen LogP contribution in [-0.2, 0) is 0 Å². The first kappa shape index (κ1) is 13.7. The van der Waals surface area contributed by atoms with Crippen molar-refractivity contribution >= 4 is 40.9 Å². The lowest BCUT2D eigenvalue weighted by Gasteiger charge is -2.27. The second-order valence-corrected chi connectivity index (χ2v) is 4.88. The molecule has 0 unspecified atom stereocenters. The van der Waals surface area contributed by atoms with E-state index >= 15 is 0 Å². The molecule has 1 aromatic carbocycles. The molecule has 0 bridgehead atoms. The lowest BCUT2D eigenvalue weighted by atomic mass is 10.0. The number of benzene rings is 1. The molecule has 0 saturated carbocycles. The van der Waals surface area contributed by atoms with E-state index in [0.29, 0.717) is 5.92 Å². The van der Waals surface area contributed by atoms with Gasteiger partial charge >= 0.3 is 0 Å². The van der Waals surface area contributed by atoms with E-state index in [4.69, 9.17) is 0 Å². The molecule has 1 heterocycles. The van der Waals surface area contributed by atoms with Crippen LogP contribution >= 0.6 is 35.0 Å². The highest BCUT2D eigenvalue weighted by molar-refractivity contribution is 14.1. The maximum atomic E-state index is 11.8. The molecule has 1 amide bonds. The van der Waals surface area contributed by atoms with E-state index in [1.54, 1.807) is 0 Å². The van der Waals surface area contributed by atoms with Crippen molar-refractivity contribution in [3.05, 3.63) is 33.4 Å². The zero-order chi connectivity index (χ0) is 10.7. The SMILES string of the molecule is Cl.O=C(NCC1CNC1)c1ccccc1I. The fourth-order valence-electron chi connectivity index (χ4n) is 1.47. The van der Waals surface area contributed by atoms with Crippen LogP contribution in [0.3, 0.4) is 0 Å². The van der Waals surface area contributed by atoms with Crippen LogP contribution in [0.15, 0.2) is 24.3 Å². The Hall–Kier alpha value is -0.330. The Bertz CT molecular complexity index is 369. The first-order chi connectivity index (χ1) is 7.27. The third-order valence-corrected chi connectivity index (χ3v) is 3.48. The highest BCUT2D eigenvalue weighted by Gasteiger charge is 2.18. The van der Waals surface area contributed by atoms with Crippen molar-refractivity contribution in [2.75, 3.05) is 19.6 Å². The van der Waals surface area contributed by atoms with Gasteiger partial charge in [-0.2, -0.15) is 0 Å². The highest BCUT2D eigenvalue weighted by atomic mass is 127. The monoisotopic (exact) mass is 352 g/mol. The van der Waals surface area contributed by atoms with Gasteiger partial charge < -0.3 is 10.6 Å². The number of hydrogen-bond acceptors (Lipinski definition) is 2. The van der Waals surface area contributed by atoms with E-state index in [-0.39, 0.29) is 18.3 Å². The fourth-order valence-corrected chi connectivity index (χ4v) is 2.10. The Balaban J connectivity index is 0.00000128. The van der Waals surface area contributed by atoms with Crippen LogP contribution < -0.4 is 10.6 Å². The first-order valence-corrected chi connectivity index (χ1v) is 6.08. The number of rotatable bonds is 3. The van der Waals surface area contributed by atoms with Gasteiger partial charge in [-0.3, -0.25) is 4.79 Å². The third kappa shape index (κ3) is 3.33. The topological polar surface area (TPSA) is 41.1 Å². The number of amides is 1. The molecule has 1 saturated heterocycles. The molecule has 3 nitrogen and oxygen atoms in total. The van der Waals surface area contributed by atoms with Crippen LogP contribution in [0.4, 0.5) is 0 Å². The Morgan fingerprint density at radius 3 is 2.69 bits per heavy atom. The largest absolute Gasteiger partial charge is 0.352 e. The summed E-state index contributed by atoms with van der Waals surface area (Å²) in [7, 11) is 0. The molecule has 5 heteroatoms. The molecule has 0 radical (unpaired) electrons. The molecule has 1 fully saturated rings. The van der Waals surface area contributed by atoms with Gasteiger partial charge in [-0.05, 0) is 34.7 Å². The molecule has 0 aromatic heterocycles. The van der Waals surface area contributed by atoms with Crippen molar-refractivity contribution in [3.63, 3.8) is 0 Å². The molecule has 2 N–H and O–H groups in total. The van der Waals surface area contributed by atoms with E-state index in [2.05, 4.69) is 33.2 Å². The summed E-state index contributed by atoms with van der Waals surface area (Å²) in [6, 6.07) is 7.63. The fraction of sp³-hybridized carbons (Fsp3) is 0.364. The zero-order valence-electron chi connectivity index (χ0n) is 8.70. The second-order valence-electron chi connectivity index (χ2n) is 3.71. The van der Waals surface area contributed by atoms with Gasteiger partial charge in [0.25, 0.3) is 5.91 Å². The summed E-state index contributed by atoms with van der Waals surface area (Å²) in [6.07, 6.45) is 0. The first-order valence-electron chi connectivity index (χ1n) is 5.01. The number of carbonyl (C=O) groups is 1. The summed E-state index contributed by atoms with van der Waals surface area (Å²) in [5.74, 6) is 0.641. The van der Waals surface area contributed by atoms with Crippen molar-refractivity contribution in [1.82, 2.24) is 10.6 Å². The second kappa shape index (κ2) is 6.42. The summed E-state index contributed by atoms with van der Waals surface area (Å²) in [4.78, 5) is 11.8. The van der Waals surface area contributed by atoms with Crippen LogP contribution in [0, 0.1) is 9.49 Å². The minimum Gasteiger partial charge on any atom is -0.352 e. The van der Waals surface area contributed by atoms with Crippen molar-refractivity contribution in [3.8, 4) is 0 Å². The van der Waals surface area contributed by atoms with Crippen LogP contribution in [-0.4, -0.2) is 25.5 Å². The van der Waals surface area contributed by atoms with Crippen LogP contribution in [0.2, 0.25) is 0 Å². The summed E-state index contributed by atoms with van der Waals surface area (Å²) >= 11 is 2.18. The molecule has 2 rings (SSSR count). The maximum absolute atomic E-state index is 11.8. The van der Waals surface area contributed by atoms with Gasteiger partial charge in [-0.15, -0.1) is 12.4 Å². The van der Waals surface area contributed by atoms with Crippen molar-refractivity contribution < 1.29 is 4.79 Å². The predicted molar refractivity (Wildman–Crippen MR) is 75.1 cm³/mol. The molecule has 1 aromatic rings. The lowest BCUT2D eigenvalue weighted by Crippen LogP contribution is -2.48. The molecule has 0 spiro atoms. The third-order valence-electron chi connectivity index (χ3n) is 2.54. The summed E-state index contributed by atoms with van der Waals surface area (Å²) in [6.45, 7) is 2.81. The molecule has 1 aliphatic heterocycles. The minimum atomic E-state index is 0. The van der Waals surface area contributed by atoms with Gasteiger partial charge in [0.1, 0.15) is 0 Å². The minimum absolute atomic E-state index is 0. The molecule has 1 aliphatic rings. The van der Waals surface area contributed by atoms with Crippen molar-refractivity contribution in [2.45, 2.75) is 0 Å². The Morgan fingerprint density at radius 1 is 1.44 bits per heavy atom. The van der Waals surface area contributed by atoms with E-state index < -0.39 is 0 Å². The lowest BCUT2D eigenvalue weighted by molar-refractivity contribution is 0.0941. The van der Waals surface area contributed by atoms with Gasteiger partial charge in [-0.1, -0.05) is 12.1 Å². The normalized spacial score (nSPS) is 14.8. The number of hydrogen-bond donors (Lipinski definition) is 2. The van der Waals surface area contributed by atoms with Crippen LogP contribution in [0.1, 0.15) is 10.4 Å². The van der Waals surface area contributed by atoms with E-state index in [1.807, 2.05) is 24.3 Å². The molecule has 16 heavy (non-hydrogen) atoms. The Morgan fingerprint density at radius 2 is 2.12 bits per heavy atom. The molecule has 88 valence electrons. The van der Waals surface area contributed by atoms with Crippen molar-refractivity contribution in [1.29, 1.82) is 0 Å². The van der Waals surface area contributed by atoms with E-state index in [1.165, 1.54) is 0 Å². The maximum Gasteiger partial charge on any atom is 0.252 e. The number of carbonyl (C=O) groups excluding carboxylic acids is 1. The smallest absolute Gasteiger partial charge is 0.252 e. The Labute approximate surface area is 115 Å². The quantitative estimate of drug-likeness (QED) is 0.813. The number of nitrogens with one attached hydrogen (secondary N) is 2. The van der Waals surface area contributed by atoms with Gasteiger partial charge in [-0.25, -0.2) is 0 Å². The predicted octanol–water partition coefficient (Wildman–Crippen LogP) is 1.66. The van der Waals surface area contributed by atoms with E-state index in [9.17, 15) is 4.79 Å². The van der Waals surface area contributed by atoms with Gasteiger partial charge in [0.05, 0.1) is 5.56 Å². The molecule has 0 atom stereocenters. The summed E-state index contributed by atoms with van der Waals surface area (Å²) in [5.41, 5.74) is 0.769. The van der Waals surface area contributed by atoms with Gasteiger partial charge in [0, 0.05) is 29.1 Å². The average molecular weight is 353 g/mol. The zero-order valence-corrected chi connectivity index (χ0v) is 11.7. The van der Waals surface area contributed by atoms with Gasteiger partial charge in [0.15, 0.2) is 0 Å². The summed E-state index contributed by atoms with van der Waals surface area (Å²) in [5, 5.41) is 6.14. The molecule has 0 aliphatic carbocycles.